The Balaban J connectivity index is 1.67. The summed E-state index contributed by atoms with van der Waals surface area (Å²) in [5, 5.41) is 3.59. The Morgan fingerprint density at radius 2 is 2.11 bits per heavy atom. The highest BCUT2D eigenvalue weighted by Crippen LogP contribution is 2.33. The molecular formula is C17H25NO. The van der Waals surface area contributed by atoms with Gasteiger partial charge in [-0.25, -0.2) is 0 Å². The van der Waals surface area contributed by atoms with Gasteiger partial charge < -0.3 is 10.1 Å². The Morgan fingerprint density at radius 1 is 1.21 bits per heavy atom. The molecule has 0 radical (unpaired) electrons. The van der Waals surface area contributed by atoms with Crippen molar-refractivity contribution in [2.24, 2.45) is 5.92 Å². The second-order valence-corrected chi connectivity index (χ2v) is 5.97. The summed E-state index contributed by atoms with van der Waals surface area (Å²) in [5.74, 6) is 1.88. The molecule has 1 aromatic rings. The predicted octanol–water partition coefficient (Wildman–Crippen LogP) is 3.85. The first-order valence-electron chi connectivity index (χ1n) is 7.86. The van der Waals surface area contributed by atoms with Gasteiger partial charge in [-0.15, -0.1) is 0 Å². The first-order valence-corrected chi connectivity index (χ1v) is 7.86. The van der Waals surface area contributed by atoms with Gasteiger partial charge in [0, 0.05) is 6.04 Å². The van der Waals surface area contributed by atoms with Gasteiger partial charge in [0.2, 0.25) is 0 Å². The van der Waals surface area contributed by atoms with E-state index in [1.165, 1.54) is 49.7 Å². The molecule has 3 rings (SSSR count). The summed E-state index contributed by atoms with van der Waals surface area (Å²) in [7, 11) is 0. The first-order chi connectivity index (χ1) is 9.36. The fraction of sp³-hybridized carbons (Fsp3) is 0.647. The monoisotopic (exact) mass is 259 g/mol. The molecule has 0 spiro atoms. The van der Waals surface area contributed by atoms with Gasteiger partial charge in [-0.2, -0.15) is 0 Å². The number of fused-ring (bicyclic) bond motifs is 1. The lowest BCUT2D eigenvalue weighted by Gasteiger charge is -2.28. The maximum Gasteiger partial charge on any atom is 0.119 e. The summed E-state index contributed by atoms with van der Waals surface area (Å²) >= 11 is 0. The minimum atomic E-state index is 0.550. The maximum atomic E-state index is 5.95. The quantitative estimate of drug-likeness (QED) is 0.867. The van der Waals surface area contributed by atoms with Crippen molar-refractivity contribution in [2.45, 2.75) is 51.5 Å². The molecule has 2 aliphatic rings. The molecule has 19 heavy (non-hydrogen) atoms. The van der Waals surface area contributed by atoms with Crippen molar-refractivity contribution in [1.29, 1.82) is 0 Å². The minimum absolute atomic E-state index is 0.550. The largest absolute Gasteiger partial charge is 0.493 e. The van der Waals surface area contributed by atoms with E-state index in [1.54, 1.807) is 0 Å². The molecule has 1 N–H and O–H groups in total. The van der Waals surface area contributed by atoms with Crippen molar-refractivity contribution in [3.05, 3.63) is 29.3 Å². The number of nitrogens with one attached hydrogen (secondary N) is 1. The molecule has 0 saturated heterocycles. The van der Waals surface area contributed by atoms with Gasteiger partial charge in [0.05, 0.1) is 6.61 Å². The SMILES string of the molecule is CCNC1CCCc2cc(OCC3CCC3)ccc21. The van der Waals surface area contributed by atoms with Gasteiger partial charge >= 0.3 is 0 Å². The van der Waals surface area contributed by atoms with Crippen LogP contribution in [0.3, 0.4) is 0 Å². The molecule has 1 saturated carbocycles. The molecule has 1 aromatic carbocycles. The van der Waals surface area contributed by atoms with Crippen LogP contribution < -0.4 is 10.1 Å². The van der Waals surface area contributed by atoms with E-state index < -0.39 is 0 Å². The molecule has 2 nitrogen and oxygen atoms in total. The Labute approximate surface area is 116 Å². The standard InChI is InChI=1S/C17H25NO/c1-2-18-17-8-4-7-14-11-15(9-10-16(14)17)19-12-13-5-3-6-13/h9-11,13,17-18H,2-8,12H2,1H3. The number of rotatable bonds is 5. The maximum absolute atomic E-state index is 5.95. The zero-order valence-electron chi connectivity index (χ0n) is 12.0. The zero-order chi connectivity index (χ0) is 13.1. The molecule has 1 atom stereocenters. The van der Waals surface area contributed by atoms with E-state index >= 15 is 0 Å². The average Bonchev–Trinajstić information content (AvgIpc) is 2.37. The third-order valence-corrected chi connectivity index (χ3v) is 4.59. The highest BCUT2D eigenvalue weighted by atomic mass is 16.5. The Morgan fingerprint density at radius 3 is 2.84 bits per heavy atom. The number of hydrogen-bond acceptors (Lipinski definition) is 2. The molecule has 0 heterocycles. The summed E-state index contributed by atoms with van der Waals surface area (Å²) < 4.78 is 5.95. The number of benzene rings is 1. The van der Waals surface area contributed by atoms with Crippen LogP contribution in [0.15, 0.2) is 18.2 Å². The topological polar surface area (TPSA) is 21.3 Å². The summed E-state index contributed by atoms with van der Waals surface area (Å²) in [5.41, 5.74) is 2.98. The molecule has 0 bridgehead atoms. The zero-order valence-corrected chi connectivity index (χ0v) is 12.0. The van der Waals surface area contributed by atoms with Gasteiger partial charge in [-0.1, -0.05) is 19.4 Å². The normalized spacial score (nSPS) is 22.7. The van der Waals surface area contributed by atoms with Gasteiger partial charge in [0.25, 0.3) is 0 Å². The number of ether oxygens (including phenoxy) is 1. The van der Waals surface area contributed by atoms with Crippen LogP contribution in [0.25, 0.3) is 0 Å². The van der Waals surface area contributed by atoms with Crippen molar-refractivity contribution >= 4 is 0 Å². The summed E-state index contributed by atoms with van der Waals surface area (Å²) in [4.78, 5) is 0. The Kier molecular flexibility index (Phi) is 4.07. The lowest BCUT2D eigenvalue weighted by atomic mass is 9.86. The Hall–Kier alpha value is -1.02. The van der Waals surface area contributed by atoms with E-state index in [0.717, 1.165) is 24.8 Å². The van der Waals surface area contributed by atoms with Gasteiger partial charge in [0.15, 0.2) is 0 Å². The smallest absolute Gasteiger partial charge is 0.119 e. The van der Waals surface area contributed by atoms with Crippen LogP contribution in [0.1, 0.15) is 56.2 Å². The van der Waals surface area contributed by atoms with E-state index in [4.69, 9.17) is 4.74 Å². The second kappa shape index (κ2) is 5.96. The predicted molar refractivity (Wildman–Crippen MR) is 78.6 cm³/mol. The van der Waals surface area contributed by atoms with E-state index in [0.29, 0.717) is 6.04 Å². The van der Waals surface area contributed by atoms with E-state index in [2.05, 4.69) is 30.4 Å². The highest BCUT2D eigenvalue weighted by molar-refractivity contribution is 5.39. The van der Waals surface area contributed by atoms with Gasteiger partial charge in [0.1, 0.15) is 5.75 Å². The van der Waals surface area contributed by atoms with Crippen LogP contribution in [0.4, 0.5) is 0 Å². The van der Waals surface area contributed by atoms with Crippen molar-refractivity contribution in [2.75, 3.05) is 13.2 Å². The van der Waals surface area contributed by atoms with Crippen LogP contribution in [0.5, 0.6) is 5.75 Å². The Bertz CT molecular complexity index is 425. The van der Waals surface area contributed by atoms with Crippen LogP contribution in [0.2, 0.25) is 0 Å². The van der Waals surface area contributed by atoms with Crippen LogP contribution >= 0.6 is 0 Å². The van der Waals surface area contributed by atoms with E-state index in [1.807, 2.05) is 0 Å². The molecule has 0 aromatic heterocycles. The lowest BCUT2D eigenvalue weighted by molar-refractivity contribution is 0.180. The minimum Gasteiger partial charge on any atom is -0.493 e. The average molecular weight is 259 g/mol. The van der Waals surface area contributed by atoms with Crippen molar-refractivity contribution < 1.29 is 4.74 Å². The molecular weight excluding hydrogens is 234 g/mol. The summed E-state index contributed by atoms with van der Waals surface area (Å²) in [6.45, 7) is 4.14. The molecule has 2 heteroatoms. The first kappa shape index (κ1) is 13.0. The molecule has 2 aliphatic carbocycles. The summed E-state index contributed by atoms with van der Waals surface area (Å²) in [6, 6.07) is 7.26. The van der Waals surface area contributed by atoms with Crippen LogP contribution in [0, 0.1) is 5.92 Å². The van der Waals surface area contributed by atoms with Crippen molar-refractivity contribution in [3.63, 3.8) is 0 Å². The van der Waals surface area contributed by atoms with E-state index in [9.17, 15) is 0 Å². The second-order valence-electron chi connectivity index (χ2n) is 5.97. The molecule has 1 unspecified atom stereocenters. The van der Waals surface area contributed by atoms with Gasteiger partial charge in [-0.05, 0) is 67.8 Å². The molecule has 0 amide bonds. The lowest BCUT2D eigenvalue weighted by Crippen LogP contribution is -2.25. The summed E-state index contributed by atoms with van der Waals surface area (Å²) in [6.07, 6.45) is 7.86. The van der Waals surface area contributed by atoms with Crippen LogP contribution in [-0.2, 0) is 6.42 Å². The third-order valence-electron chi connectivity index (χ3n) is 4.59. The van der Waals surface area contributed by atoms with Gasteiger partial charge in [-0.3, -0.25) is 0 Å². The molecule has 1 fully saturated rings. The fourth-order valence-electron chi connectivity index (χ4n) is 3.21. The molecule has 0 aliphatic heterocycles. The van der Waals surface area contributed by atoms with Crippen LogP contribution in [-0.4, -0.2) is 13.2 Å². The third kappa shape index (κ3) is 2.94. The fourth-order valence-corrected chi connectivity index (χ4v) is 3.21. The van der Waals surface area contributed by atoms with Crippen molar-refractivity contribution in [3.8, 4) is 5.75 Å². The molecule has 104 valence electrons. The van der Waals surface area contributed by atoms with Crippen molar-refractivity contribution in [1.82, 2.24) is 5.32 Å². The highest BCUT2D eigenvalue weighted by Gasteiger charge is 2.21. The number of aryl methyl sites for hydroxylation is 1. The van der Waals surface area contributed by atoms with E-state index in [-0.39, 0.29) is 0 Å². The number of hydrogen-bond donors (Lipinski definition) is 1.